The highest BCUT2D eigenvalue weighted by Crippen LogP contribution is 2.20. The lowest BCUT2D eigenvalue weighted by atomic mass is 10.1. The lowest BCUT2D eigenvalue weighted by molar-refractivity contribution is -0.140. The predicted octanol–water partition coefficient (Wildman–Crippen LogP) is 3.84. The average Bonchev–Trinajstić information content (AvgIpc) is 3.11. The molecule has 8 nitrogen and oxygen atoms in total. The number of benzene rings is 2. The van der Waals surface area contributed by atoms with Crippen LogP contribution in [0, 0.1) is 26.6 Å². The summed E-state index contributed by atoms with van der Waals surface area (Å²) in [7, 11) is 1.36. The minimum absolute atomic E-state index is 0.265. The second-order valence-electron chi connectivity index (χ2n) is 7.77. The van der Waals surface area contributed by atoms with Crippen molar-refractivity contribution in [3.63, 3.8) is 0 Å². The Morgan fingerprint density at radius 1 is 1.06 bits per heavy atom. The maximum Gasteiger partial charge on any atom is 0.338 e. The van der Waals surface area contributed by atoms with Crippen LogP contribution in [-0.4, -0.2) is 41.3 Å². The fourth-order valence-electron chi connectivity index (χ4n) is 3.44. The zero-order chi connectivity index (χ0) is 24.8. The molecule has 3 rings (SSSR count). The highest BCUT2D eigenvalue weighted by atomic mass is 19.1. The number of hydrogen-bond acceptors (Lipinski definition) is 6. The quantitative estimate of drug-likeness (QED) is 0.506. The molecule has 0 fully saturated rings. The number of halogens is 1. The van der Waals surface area contributed by atoms with E-state index < -0.39 is 24.3 Å². The molecule has 0 bridgehead atoms. The molecule has 1 heterocycles. The van der Waals surface area contributed by atoms with Crippen molar-refractivity contribution >= 4 is 23.5 Å². The van der Waals surface area contributed by atoms with E-state index in [4.69, 9.17) is 9.47 Å². The van der Waals surface area contributed by atoms with Gasteiger partial charge in [-0.3, -0.25) is 9.59 Å². The van der Waals surface area contributed by atoms with Gasteiger partial charge in [-0.05, 0) is 74.7 Å². The van der Waals surface area contributed by atoms with Crippen LogP contribution in [0.25, 0.3) is 5.69 Å². The van der Waals surface area contributed by atoms with E-state index in [1.807, 2.05) is 13.8 Å². The Hall–Kier alpha value is -4.01. The number of aromatic nitrogens is 2. The molecule has 2 aromatic carbocycles. The highest BCUT2D eigenvalue weighted by Gasteiger charge is 2.16. The van der Waals surface area contributed by atoms with Crippen molar-refractivity contribution in [1.29, 1.82) is 0 Å². The van der Waals surface area contributed by atoms with E-state index in [0.29, 0.717) is 12.0 Å². The molecule has 0 radical (unpaired) electrons. The van der Waals surface area contributed by atoms with E-state index in [1.165, 1.54) is 13.2 Å². The van der Waals surface area contributed by atoms with Gasteiger partial charge in [0.2, 0.25) is 0 Å². The molecule has 1 aromatic heterocycles. The lowest BCUT2D eigenvalue weighted by Crippen LogP contribution is -2.21. The van der Waals surface area contributed by atoms with E-state index in [0.717, 1.165) is 22.6 Å². The first kappa shape index (κ1) is 24.6. The van der Waals surface area contributed by atoms with Gasteiger partial charge in [0.1, 0.15) is 5.82 Å². The average molecular weight is 467 g/mol. The van der Waals surface area contributed by atoms with Crippen molar-refractivity contribution in [2.75, 3.05) is 19.0 Å². The summed E-state index contributed by atoms with van der Waals surface area (Å²) < 4.78 is 25.1. The maximum atomic E-state index is 13.6. The number of methoxy groups -OCH3 is 1. The van der Waals surface area contributed by atoms with Gasteiger partial charge in [0.25, 0.3) is 5.91 Å². The Labute approximate surface area is 196 Å². The Morgan fingerprint density at radius 2 is 1.76 bits per heavy atom. The van der Waals surface area contributed by atoms with Crippen molar-refractivity contribution in [3.05, 3.63) is 76.4 Å². The first-order valence-electron chi connectivity index (χ1n) is 10.6. The number of amides is 1. The summed E-state index contributed by atoms with van der Waals surface area (Å²) in [4.78, 5) is 35.8. The summed E-state index contributed by atoms with van der Waals surface area (Å²) in [6.45, 7) is 4.90. The van der Waals surface area contributed by atoms with E-state index in [2.05, 4.69) is 10.4 Å². The van der Waals surface area contributed by atoms with Crippen molar-refractivity contribution in [2.24, 2.45) is 0 Å². The van der Waals surface area contributed by atoms with Gasteiger partial charge in [0.15, 0.2) is 6.61 Å². The topological polar surface area (TPSA) is 99.5 Å². The predicted molar refractivity (Wildman–Crippen MR) is 123 cm³/mol. The summed E-state index contributed by atoms with van der Waals surface area (Å²) in [6, 6.07) is 10.9. The molecule has 0 aliphatic carbocycles. The third kappa shape index (κ3) is 5.86. The zero-order valence-electron chi connectivity index (χ0n) is 19.5. The fourth-order valence-corrected chi connectivity index (χ4v) is 3.44. The van der Waals surface area contributed by atoms with Crippen LogP contribution in [0.15, 0.2) is 42.5 Å². The third-order valence-corrected chi connectivity index (χ3v) is 5.39. The fraction of sp³-hybridized carbons (Fsp3) is 0.280. The minimum atomic E-state index is -0.663. The van der Waals surface area contributed by atoms with Gasteiger partial charge >= 0.3 is 11.9 Å². The summed E-state index contributed by atoms with van der Waals surface area (Å²) in [5.41, 5.74) is 4.42. The Bertz CT molecular complexity index is 1220. The monoisotopic (exact) mass is 467 g/mol. The lowest BCUT2D eigenvalue weighted by Gasteiger charge is -2.09. The van der Waals surface area contributed by atoms with Crippen molar-refractivity contribution in [1.82, 2.24) is 9.78 Å². The number of anilines is 1. The van der Waals surface area contributed by atoms with Gasteiger partial charge in [-0.25, -0.2) is 13.9 Å². The maximum absolute atomic E-state index is 13.6. The van der Waals surface area contributed by atoms with Crippen molar-refractivity contribution in [2.45, 2.75) is 33.6 Å². The molecule has 34 heavy (non-hydrogen) atoms. The minimum Gasteiger partial charge on any atom is -0.469 e. The molecule has 0 aliphatic heterocycles. The van der Waals surface area contributed by atoms with E-state index in [1.54, 1.807) is 48.0 Å². The smallest absolute Gasteiger partial charge is 0.338 e. The molecule has 3 aromatic rings. The molecule has 178 valence electrons. The summed E-state index contributed by atoms with van der Waals surface area (Å²) in [5.74, 6) is -1.96. The standard InChI is InChI=1S/C25H26FN3O5/c1-15-5-8-19(13-22(15)26)27-23(30)14-34-25(32)18-6-9-20(10-7-18)29-17(3)21(16(2)28-29)11-12-24(31)33-4/h5-10,13H,11-12,14H2,1-4H3,(H,27,30). The highest BCUT2D eigenvalue weighted by molar-refractivity contribution is 5.95. The van der Waals surface area contributed by atoms with Gasteiger partial charge in [0, 0.05) is 17.8 Å². The van der Waals surface area contributed by atoms with Crippen LogP contribution >= 0.6 is 0 Å². The molecule has 0 unspecified atom stereocenters. The number of hydrogen-bond donors (Lipinski definition) is 1. The number of aryl methyl sites for hydroxylation is 2. The molecule has 0 atom stereocenters. The molecule has 1 N–H and O–H groups in total. The van der Waals surface area contributed by atoms with Crippen LogP contribution in [0.1, 0.15) is 39.3 Å². The molecule has 0 aliphatic rings. The first-order chi connectivity index (χ1) is 16.2. The Kier molecular flexibility index (Phi) is 7.78. The summed E-state index contributed by atoms with van der Waals surface area (Å²) in [5, 5.41) is 7.02. The van der Waals surface area contributed by atoms with Crippen LogP contribution < -0.4 is 5.32 Å². The van der Waals surface area contributed by atoms with E-state index in [9.17, 15) is 18.8 Å². The second kappa shape index (κ2) is 10.7. The molecule has 9 heteroatoms. The normalized spacial score (nSPS) is 10.6. The van der Waals surface area contributed by atoms with Gasteiger partial charge in [-0.15, -0.1) is 0 Å². The number of nitrogens with zero attached hydrogens (tertiary/aromatic N) is 2. The summed E-state index contributed by atoms with van der Waals surface area (Å²) in [6.07, 6.45) is 0.785. The van der Waals surface area contributed by atoms with Gasteiger partial charge in [0.05, 0.1) is 24.1 Å². The Morgan fingerprint density at radius 3 is 2.41 bits per heavy atom. The van der Waals surface area contributed by atoms with Gasteiger partial charge in [-0.2, -0.15) is 5.10 Å². The van der Waals surface area contributed by atoms with Crippen LogP contribution in [0.5, 0.6) is 0 Å². The molecule has 0 spiro atoms. The van der Waals surface area contributed by atoms with Gasteiger partial charge < -0.3 is 14.8 Å². The number of carbonyl (C=O) groups excluding carboxylic acids is 3. The third-order valence-electron chi connectivity index (χ3n) is 5.39. The van der Waals surface area contributed by atoms with Crippen LogP contribution in [-0.2, 0) is 25.5 Å². The molecular formula is C25H26FN3O5. The zero-order valence-corrected chi connectivity index (χ0v) is 19.5. The molecular weight excluding hydrogens is 441 g/mol. The van der Waals surface area contributed by atoms with E-state index in [-0.39, 0.29) is 23.6 Å². The van der Waals surface area contributed by atoms with Crippen molar-refractivity contribution in [3.8, 4) is 5.69 Å². The SMILES string of the molecule is COC(=O)CCc1c(C)nn(-c2ccc(C(=O)OCC(=O)Nc3ccc(C)c(F)c3)cc2)c1C. The van der Waals surface area contributed by atoms with Crippen molar-refractivity contribution < 1.29 is 28.2 Å². The number of carbonyl (C=O) groups is 3. The van der Waals surface area contributed by atoms with Gasteiger partial charge in [-0.1, -0.05) is 6.07 Å². The molecule has 1 amide bonds. The Balaban J connectivity index is 1.60. The number of nitrogens with one attached hydrogen (secondary N) is 1. The van der Waals surface area contributed by atoms with Crippen LogP contribution in [0.4, 0.5) is 10.1 Å². The number of rotatable bonds is 8. The van der Waals surface area contributed by atoms with Crippen LogP contribution in [0.2, 0.25) is 0 Å². The summed E-state index contributed by atoms with van der Waals surface area (Å²) >= 11 is 0. The molecule has 0 saturated carbocycles. The number of ether oxygens (including phenoxy) is 2. The van der Waals surface area contributed by atoms with E-state index >= 15 is 0 Å². The second-order valence-corrected chi connectivity index (χ2v) is 7.77. The first-order valence-corrected chi connectivity index (χ1v) is 10.6. The largest absolute Gasteiger partial charge is 0.469 e. The molecule has 0 saturated heterocycles. The number of esters is 2. The van der Waals surface area contributed by atoms with Crippen LogP contribution in [0.3, 0.4) is 0 Å².